The molecule has 6 rings (SSSR count). The zero-order valence-electron chi connectivity index (χ0n) is 17.8. The molecule has 156 valence electrons. The van der Waals surface area contributed by atoms with Gasteiger partial charge in [0, 0.05) is 0 Å². The van der Waals surface area contributed by atoms with Crippen LogP contribution in [0.1, 0.15) is 10.4 Å². The number of rotatable bonds is 3. The smallest absolute Gasteiger partial charge is 0.336 e. The quantitative estimate of drug-likeness (QED) is 0.291. The van der Waals surface area contributed by atoms with E-state index in [9.17, 15) is 9.90 Å². The summed E-state index contributed by atoms with van der Waals surface area (Å²) in [6.45, 7) is 0. The van der Waals surface area contributed by atoms with Gasteiger partial charge < -0.3 is 5.11 Å². The lowest BCUT2D eigenvalue weighted by Crippen LogP contribution is -1.98. The maximum absolute atomic E-state index is 11.9. The highest BCUT2D eigenvalue weighted by Gasteiger charge is 2.15. The molecular formula is C31H20O2. The van der Waals surface area contributed by atoms with Crippen LogP contribution in [0, 0.1) is 0 Å². The van der Waals surface area contributed by atoms with E-state index in [1.807, 2.05) is 36.4 Å². The summed E-state index contributed by atoms with van der Waals surface area (Å²) in [5, 5.41) is 16.1. The van der Waals surface area contributed by atoms with Gasteiger partial charge in [0.25, 0.3) is 0 Å². The summed E-state index contributed by atoms with van der Waals surface area (Å²) in [5.74, 6) is -0.909. The van der Waals surface area contributed by atoms with Crippen LogP contribution in [-0.4, -0.2) is 11.1 Å². The molecule has 0 saturated carbocycles. The van der Waals surface area contributed by atoms with Crippen LogP contribution in [-0.2, 0) is 0 Å². The number of carbonyl (C=O) groups is 1. The Kier molecular flexibility index (Phi) is 4.44. The SMILES string of the molecule is O=C(O)c1cccc2c(-c3ccc(-c4cccc5ccccc45)cc3)c3ccccc3cc12. The van der Waals surface area contributed by atoms with Crippen molar-refractivity contribution in [3.8, 4) is 22.3 Å². The fourth-order valence-corrected chi connectivity index (χ4v) is 4.88. The first-order chi connectivity index (χ1) is 16.2. The molecule has 0 aliphatic rings. The van der Waals surface area contributed by atoms with Gasteiger partial charge in [0.15, 0.2) is 0 Å². The molecule has 1 N–H and O–H groups in total. The van der Waals surface area contributed by atoms with Gasteiger partial charge in [0.1, 0.15) is 0 Å². The zero-order chi connectivity index (χ0) is 22.4. The monoisotopic (exact) mass is 424 g/mol. The number of fused-ring (bicyclic) bond motifs is 3. The minimum Gasteiger partial charge on any atom is -0.478 e. The molecule has 0 heterocycles. The Morgan fingerprint density at radius 3 is 1.91 bits per heavy atom. The average Bonchev–Trinajstić information content (AvgIpc) is 2.86. The third-order valence-electron chi connectivity index (χ3n) is 6.41. The Labute approximate surface area is 191 Å². The molecule has 0 fully saturated rings. The lowest BCUT2D eigenvalue weighted by molar-refractivity contribution is 0.0699. The molecule has 2 heteroatoms. The minimum atomic E-state index is -0.909. The van der Waals surface area contributed by atoms with E-state index in [0.29, 0.717) is 5.56 Å². The first-order valence-corrected chi connectivity index (χ1v) is 11.0. The van der Waals surface area contributed by atoms with Gasteiger partial charge >= 0.3 is 5.97 Å². The molecule has 0 spiro atoms. The summed E-state index contributed by atoms with van der Waals surface area (Å²) < 4.78 is 0. The van der Waals surface area contributed by atoms with Gasteiger partial charge in [-0.15, -0.1) is 0 Å². The molecule has 6 aromatic rings. The molecule has 0 bridgehead atoms. The molecule has 0 atom stereocenters. The highest BCUT2D eigenvalue weighted by atomic mass is 16.4. The summed E-state index contributed by atoms with van der Waals surface area (Å²) in [7, 11) is 0. The van der Waals surface area contributed by atoms with E-state index < -0.39 is 5.97 Å². The van der Waals surface area contributed by atoms with Crippen LogP contribution in [0.5, 0.6) is 0 Å². The third kappa shape index (κ3) is 3.16. The number of hydrogen-bond acceptors (Lipinski definition) is 1. The van der Waals surface area contributed by atoms with Crippen LogP contribution in [0.15, 0.2) is 115 Å². The molecule has 0 aliphatic carbocycles. The summed E-state index contributed by atoms with van der Waals surface area (Å²) >= 11 is 0. The zero-order valence-corrected chi connectivity index (χ0v) is 17.8. The van der Waals surface area contributed by atoms with Crippen molar-refractivity contribution in [1.82, 2.24) is 0 Å². The van der Waals surface area contributed by atoms with Crippen LogP contribution in [0.2, 0.25) is 0 Å². The summed E-state index contributed by atoms with van der Waals surface area (Å²) in [4.78, 5) is 11.9. The molecule has 0 saturated heterocycles. The van der Waals surface area contributed by atoms with Crippen molar-refractivity contribution < 1.29 is 9.90 Å². The number of carboxylic acid groups (broad SMARTS) is 1. The maximum Gasteiger partial charge on any atom is 0.336 e. The number of aromatic carboxylic acids is 1. The fraction of sp³-hybridized carbons (Fsp3) is 0. The van der Waals surface area contributed by atoms with Gasteiger partial charge in [-0.1, -0.05) is 103 Å². The Morgan fingerprint density at radius 1 is 0.515 bits per heavy atom. The standard InChI is InChI=1S/C31H20O2/c32-31(33)28-14-6-13-27-29(28)19-23-8-2-4-11-26(23)30(27)22-17-15-21(16-18-22)25-12-5-9-20-7-1-3-10-24(20)25/h1-19H,(H,32,33). The topological polar surface area (TPSA) is 37.3 Å². The molecule has 2 nitrogen and oxygen atoms in total. The van der Waals surface area contributed by atoms with Crippen molar-refractivity contribution in [2.24, 2.45) is 0 Å². The van der Waals surface area contributed by atoms with E-state index in [4.69, 9.17) is 0 Å². The molecule has 0 aromatic heterocycles. The lowest BCUT2D eigenvalue weighted by Gasteiger charge is -2.14. The van der Waals surface area contributed by atoms with Gasteiger partial charge in [0.05, 0.1) is 5.56 Å². The number of carboxylic acids is 1. The average molecular weight is 424 g/mol. The van der Waals surface area contributed by atoms with Crippen molar-refractivity contribution >= 4 is 38.3 Å². The predicted octanol–water partition coefficient (Wildman–Crippen LogP) is 8.18. The summed E-state index contributed by atoms with van der Waals surface area (Å²) in [5.41, 5.74) is 4.83. The number of benzene rings is 6. The summed E-state index contributed by atoms with van der Waals surface area (Å²) in [6, 6.07) is 39.1. The Balaban J connectivity index is 1.59. The lowest BCUT2D eigenvalue weighted by atomic mass is 9.89. The van der Waals surface area contributed by atoms with Crippen molar-refractivity contribution in [3.63, 3.8) is 0 Å². The second-order valence-corrected chi connectivity index (χ2v) is 8.28. The van der Waals surface area contributed by atoms with E-state index >= 15 is 0 Å². The summed E-state index contributed by atoms with van der Waals surface area (Å²) in [6.07, 6.45) is 0. The van der Waals surface area contributed by atoms with E-state index in [2.05, 4.69) is 72.8 Å². The highest BCUT2D eigenvalue weighted by molar-refractivity contribution is 6.17. The van der Waals surface area contributed by atoms with Crippen LogP contribution in [0.4, 0.5) is 0 Å². The molecule has 0 aliphatic heterocycles. The second-order valence-electron chi connectivity index (χ2n) is 8.28. The van der Waals surface area contributed by atoms with E-state index in [1.54, 1.807) is 6.07 Å². The van der Waals surface area contributed by atoms with Crippen molar-refractivity contribution in [2.45, 2.75) is 0 Å². The Hall–Kier alpha value is -4.43. The van der Waals surface area contributed by atoms with E-state index in [1.165, 1.54) is 16.3 Å². The molecule has 33 heavy (non-hydrogen) atoms. The Bertz CT molecular complexity index is 1670. The van der Waals surface area contributed by atoms with Gasteiger partial charge in [-0.25, -0.2) is 4.79 Å². The largest absolute Gasteiger partial charge is 0.478 e. The molecule has 0 unspecified atom stereocenters. The molecular weight excluding hydrogens is 404 g/mol. The van der Waals surface area contributed by atoms with Gasteiger partial charge in [-0.2, -0.15) is 0 Å². The van der Waals surface area contributed by atoms with Gasteiger partial charge in [0.2, 0.25) is 0 Å². The molecule has 0 radical (unpaired) electrons. The van der Waals surface area contributed by atoms with Crippen LogP contribution >= 0.6 is 0 Å². The fourth-order valence-electron chi connectivity index (χ4n) is 4.88. The third-order valence-corrected chi connectivity index (χ3v) is 6.41. The second kappa shape index (κ2) is 7.61. The maximum atomic E-state index is 11.9. The first kappa shape index (κ1) is 19.3. The van der Waals surface area contributed by atoms with Crippen molar-refractivity contribution in [3.05, 3.63) is 121 Å². The van der Waals surface area contributed by atoms with Gasteiger partial charge in [-0.05, 0) is 66.7 Å². The Morgan fingerprint density at radius 2 is 1.12 bits per heavy atom. The minimum absolute atomic E-state index is 0.326. The first-order valence-electron chi connectivity index (χ1n) is 11.0. The van der Waals surface area contributed by atoms with Crippen molar-refractivity contribution in [1.29, 1.82) is 0 Å². The highest BCUT2D eigenvalue weighted by Crippen LogP contribution is 2.39. The van der Waals surface area contributed by atoms with Crippen LogP contribution in [0.25, 0.3) is 54.6 Å². The molecule has 6 aromatic carbocycles. The predicted molar refractivity (Wildman–Crippen MR) is 137 cm³/mol. The van der Waals surface area contributed by atoms with Crippen LogP contribution < -0.4 is 0 Å². The normalized spacial score (nSPS) is 11.3. The number of hydrogen-bond donors (Lipinski definition) is 1. The molecule has 0 amide bonds. The van der Waals surface area contributed by atoms with Gasteiger partial charge in [-0.3, -0.25) is 0 Å². The van der Waals surface area contributed by atoms with E-state index in [0.717, 1.165) is 38.2 Å². The van der Waals surface area contributed by atoms with E-state index in [-0.39, 0.29) is 0 Å². The van der Waals surface area contributed by atoms with Crippen molar-refractivity contribution in [2.75, 3.05) is 0 Å². The van der Waals surface area contributed by atoms with Crippen LogP contribution in [0.3, 0.4) is 0 Å².